The van der Waals surface area contributed by atoms with Crippen LogP contribution in [0.4, 0.5) is 5.82 Å². The van der Waals surface area contributed by atoms with E-state index in [1.165, 1.54) is 10.5 Å². The van der Waals surface area contributed by atoms with Crippen molar-refractivity contribution in [1.29, 1.82) is 0 Å². The summed E-state index contributed by atoms with van der Waals surface area (Å²) in [5.74, 6) is 1.90. The van der Waals surface area contributed by atoms with Crippen LogP contribution < -0.4 is 14.5 Å². The van der Waals surface area contributed by atoms with E-state index in [1.807, 2.05) is 37.4 Å². The second-order valence-corrected chi connectivity index (χ2v) is 6.86. The van der Waals surface area contributed by atoms with Crippen molar-refractivity contribution in [2.24, 2.45) is 0 Å². The Morgan fingerprint density at radius 2 is 2.00 bits per heavy atom. The first-order chi connectivity index (χ1) is 12.1. The first kappa shape index (κ1) is 17.7. The molecule has 2 aromatic rings. The Bertz CT molecular complexity index is 670. The summed E-state index contributed by atoms with van der Waals surface area (Å²) in [7, 11) is 0. The molecular formula is C20H28N3O2+. The molecule has 5 nitrogen and oxygen atoms in total. The third-order valence-corrected chi connectivity index (χ3v) is 4.73. The van der Waals surface area contributed by atoms with Crippen LogP contribution in [0.1, 0.15) is 11.1 Å². The number of quaternary nitrogens is 1. The van der Waals surface area contributed by atoms with Crippen molar-refractivity contribution in [3.63, 3.8) is 0 Å². The molecule has 5 heteroatoms. The van der Waals surface area contributed by atoms with Gasteiger partial charge in [0.1, 0.15) is 30.8 Å². The summed E-state index contributed by atoms with van der Waals surface area (Å²) in [5, 5.41) is 10.3. The van der Waals surface area contributed by atoms with E-state index in [2.05, 4.69) is 28.9 Å². The summed E-state index contributed by atoms with van der Waals surface area (Å²) in [4.78, 5) is 8.14. The molecule has 1 saturated heterocycles. The van der Waals surface area contributed by atoms with Crippen LogP contribution in [0.15, 0.2) is 42.6 Å². The number of nitrogens with one attached hydrogen (secondary N) is 1. The Labute approximate surface area is 149 Å². The van der Waals surface area contributed by atoms with Crippen LogP contribution in [0.5, 0.6) is 5.75 Å². The molecule has 0 spiro atoms. The number of benzene rings is 1. The summed E-state index contributed by atoms with van der Waals surface area (Å²) >= 11 is 0. The molecule has 25 heavy (non-hydrogen) atoms. The number of hydrogen-bond donors (Lipinski definition) is 2. The molecule has 0 bridgehead atoms. The molecule has 1 unspecified atom stereocenters. The van der Waals surface area contributed by atoms with E-state index in [9.17, 15) is 5.11 Å². The number of hydrogen-bond acceptors (Lipinski definition) is 4. The fourth-order valence-electron chi connectivity index (χ4n) is 3.34. The number of aryl methyl sites for hydroxylation is 2. The Kier molecular flexibility index (Phi) is 5.89. The first-order valence-corrected chi connectivity index (χ1v) is 8.99. The maximum Gasteiger partial charge on any atom is 0.137 e. The van der Waals surface area contributed by atoms with E-state index in [0.717, 1.165) is 49.9 Å². The van der Waals surface area contributed by atoms with Gasteiger partial charge in [-0.15, -0.1) is 0 Å². The topological polar surface area (TPSA) is 50.0 Å². The number of ether oxygens (including phenoxy) is 1. The summed E-state index contributed by atoms with van der Waals surface area (Å²) in [6, 6.07) is 12.1. The predicted molar refractivity (Wildman–Crippen MR) is 99.4 cm³/mol. The highest BCUT2D eigenvalue weighted by atomic mass is 16.5. The lowest BCUT2D eigenvalue weighted by molar-refractivity contribution is -0.903. The van der Waals surface area contributed by atoms with Gasteiger partial charge in [0.2, 0.25) is 0 Å². The average Bonchev–Trinajstić information content (AvgIpc) is 2.62. The van der Waals surface area contributed by atoms with Crippen molar-refractivity contribution in [3.05, 3.63) is 53.7 Å². The monoisotopic (exact) mass is 342 g/mol. The smallest absolute Gasteiger partial charge is 0.137 e. The fourth-order valence-corrected chi connectivity index (χ4v) is 3.34. The molecule has 0 saturated carbocycles. The quantitative estimate of drug-likeness (QED) is 0.817. The lowest BCUT2D eigenvalue weighted by Crippen LogP contribution is -3.16. The van der Waals surface area contributed by atoms with Gasteiger partial charge in [0.15, 0.2) is 0 Å². The van der Waals surface area contributed by atoms with Gasteiger partial charge in [0, 0.05) is 6.20 Å². The third-order valence-electron chi connectivity index (χ3n) is 4.73. The van der Waals surface area contributed by atoms with Gasteiger partial charge in [-0.2, -0.15) is 0 Å². The van der Waals surface area contributed by atoms with Crippen molar-refractivity contribution < 1.29 is 14.7 Å². The third kappa shape index (κ3) is 4.94. The molecule has 134 valence electrons. The molecule has 1 aromatic heterocycles. The molecule has 0 amide bonds. The lowest BCUT2D eigenvalue weighted by Gasteiger charge is -2.33. The Hall–Kier alpha value is -2.11. The van der Waals surface area contributed by atoms with Crippen LogP contribution in [0.3, 0.4) is 0 Å². The molecule has 0 radical (unpaired) electrons. The number of rotatable bonds is 6. The number of anilines is 1. The summed E-state index contributed by atoms with van der Waals surface area (Å²) in [5.41, 5.74) is 2.34. The number of pyridine rings is 1. The molecule has 3 rings (SSSR count). The second-order valence-electron chi connectivity index (χ2n) is 6.86. The molecule has 2 heterocycles. The van der Waals surface area contributed by atoms with Crippen LogP contribution >= 0.6 is 0 Å². The van der Waals surface area contributed by atoms with Crippen LogP contribution in [-0.4, -0.2) is 55.5 Å². The van der Waals surface area contributed by atoms with Crippen molar-refractivity contribution in [2.45, 2.75) is 20.0 Å². The summed E-state index contributed by atoms with van der Waals surface area (Å²) in [6.45, 7) is 9.14. The molecule has 1 atom stereocenters. The van der Waals surface area contributed by atoms with Crippen molar-refractivity contribution in [2.75, 3.05) is 44.2 Å². The Morgan fingerprint density at radius 1 is 1.20 bits per heavy atom. The van der Waals surface area contributed by atoms with Crippen molar-refractivity contribution >= 4 is 5.82 Å². The largest absolute Gasteiger partial charge is 0.490 e. The summed E-state index contributed by atoms with van der Waals surface area (Å²) in [6.07, 6.45) is 1.39. The molecule has 0 aliphatic carbocycles. The van der Waals surface area contributed by atoms with Crippen molar-refractivity contribution in [3.8, 4) is 5.75 Å². The van der Waals surface area contributed by atoms with Gasteiger partial charge in [-0.25, -0.2) is 4.98 Å². The van der Waals surface area contributed by atoms with Gasteiger partial charge in [0.05, 0.1) is 26.2 Å². The minimum absolute atomic E-state index is 0.345. The number of aliphatic hydroxyl groups is 1. The normalized spacial score (nSPS) is 16.7. The van der Waals surface area contributed by atoms with Crippen LogP contribution in [0, 0.1) is 13.8 Å². The van der Waals surface area contributed by atoms with Gasteiger partial charge >= 0.3 is 0 Å². The highest BCUT2D eigenvalue weighted by Gasteiger charge is 2.23. The van der Waals surface area contributed by atoms with E-state index in [1.54, 1.807) is 0 Å². The fraction of sp³-hybridized carbons (Fsp3) is 0.450. The predicted octanol–water partition coefficient (Wildman–Crippen LogP) is 0.843. The Balaban J connectivity index is 1.42. The number of aromatic nitrogens is 1. The van der Waals surface area contributed by atoms with E-state index >= 15 is 0 Å². The maximum absolute atomic E-state index is 10.3. The van der Waals surface area contributed by atoms with E-state index < -0.39 is 6.10 Å². The van der Waals surface area contributed by atoms with E-state index in [4.69, 9.17) is 4.74 Å². The number of aliphatic hydroxyl groups excluding tert-OH is 1. The van der Waals surface area contributed by atoms with Gasteiger partial charge in [-0.05, 0) is 37.6 Å². The van der Waals surface area contributed by atoms with Gasteiger partial charge in [-0.1, -0.05) is 23.8 Å². The maximum atomic E-state index is 10.3. The highest BCUT2D eigenvalue weighted by molar-refractivity contribution is 5.37. The SMILES string of the molecule is Cc1ccc(OCC(O)C[NH+]2CCN(c3ccccn3)CC2)c(C)c1. The molecular weight excluding hydrogens is 314 g/mol. The lowest BCUT2D eigenvalue weighted by atomic mass is 10.1. The van der Waals surface area contributed by atoms with Gasteiger partial charge < -0.3 is 19.6 Å². The van der Waals surface area contributed by atoms with E-state index in [0.29, 0.717) is 6.61 Å². The summed E-state index contributed by atoms with van der Waals surface area (Å²) < 4.78 is 5.80. The zero-order valence-corrected chi connectivity index (χ0v) is 15.1. The van der Waals surface area contributed by atoms with Crippen LogP contribution in [-0.2, 0) is 0 Å². The average molecular weight is 342 g/mol. The Morgan fingerprint density at radius 3 is 2.68 bits per heavy atom. The molecule has 1 fully saturated rings. The molecule has 1 aliphatic heterocycles. The number of piperazine rings is 1. The van der Waals surface area contributed by atoms with E-state index in [-0.39, 0.29) is 0 Å². The minimum atomic E-state index is -0.447. The van der Waals surface area contributed by atoms with Gasteiger partial charge in [0.25, 0.3) is 0 Å². The highest BCUT2D eigenvalue weighted by Crippen LogP contribution is 2.18. The zero-order valence-electron chi connectivity index (χ0n) is 15.1. The molecule has 1 aromatic carbocycles. The second kappa shape index (κ2) is 8.32. The number of nitrogens with zero attached hydrogens (tertiary/aromatic N) is 2. The van der Waals surface area contributed by atoms with Gasteiger partial charge in [-0.3, -0.25) is 0 Å². The standard InChI is InChI=1S/C20H27N3O2/c1-16-6-7-19(17(2)13-16)25-15-18(24)14-22-9-11-23(12-10-22)20-5-3-4-8-21-20/h3-8,13,18,24H,9-12,14-15H2,1-2H3/p+1. The van der Waals surface area contributed by atoms with Crippen molar-refractivity contribution in [1.82, 2.24) is 4.98 Å². The molecule has 2 N–H and O–H groups in total. The first-order valence-electron chi connectivity index (χ1n) is 8.99. The van der Waals surface area contributed by atoms with Crippen LogP contribution in [0.25, 0.3) is 0 Å². The minimum Gasteiger partial charge on any atom is -0.490 e. The molecule has 1 aliphatic rings. The van der Waals surface area contributed by atoms with Crippen LogP contribution in [0.2, 0.25) is 0 Å². The zero-order chi connectivity index (χ0) is 17.6.